The Hall–Kier alpha value is -1.78. The number of carbonyl (C=O) groups is 3. The van der Waals surface area contributed by atoms with Crippen molar-refractivity contribution >= 4 is 68.4 Å². The maximum absolute atomic E-state index is 13.0. The molecule has 0 N–H and O–H groups in total. The predicted molar refractivity (Wildman–Crippen MR) is 149 cm³/mol. The van der Waals surface area contributed by atoms with E-state index in [1.165, 1.54) is 0 Å². The van der Waals surface area contributed by atoms with Gasteiger partial charge in [0, 0.05) is 15.7 Å². The molecule has 0 amide bonds. The first kappa shape index (κ1) is 33.2. The molecule has 0 saturated heterocycles. The Kier molecular flexibility index (Phi) is 14.6. The van der Waals surface area contributed by atoms with E-state index in [1.54, 1.807) is 20.8 Å². The van der Waals surface area contributed by atoms with Gasteiger partial charge in [0.25, 0.3) is 0 Å². The Balaban J connectivity index is 3.22. The average Bonchev–Trinajstić information content (AvgIpc) is 2.74. The highest BCUT2D eigenvalue weighted by Crippen LogP contribution is 2.06. The van der Waals surface area contributed by atoms with Crippen LogP contribution in [0.15, 0.2) is 14.4 Å². The molecule has 0 bridgehead atoms. The van der Waals surface area contributed by atoms with E-state index < -0.39 is 47.0 Å². The topological polar surface area (TPSA) is 145 Å². The van der Waals surface area contributed by atoms with Crippen molar-refractivity contribution in [1.82, 2.24) is 13.7 Å². The highest BCUT2D eigenvalue weighted by molar-refractivity contribution is 7.81. The van der Waals surface area contributed by atoms with Gasteiger partial charge in [0.1, 0.15) is 13.2 Å². The molecule has 0 saturated carbocycles. The number of hydrogen-bond donors (Lipinski definition) is 4. The molecule has 4 unspecified atom stereocenters. The molecule has 0 aromatic carbocycles. The molecule has 1 rings (SSSR count). The lowest BCUT2D eigenvalue weighted by molar-refractivity contribution is -0.145. The van der Waals surface area contributed by atoms with E-state index in [2.05, 4.69) is 50.5 Å². The first-order valence-electron chi connectivity index (χ1n) is 11.4. The van der Waals surface area contributed by atoms with Crippen LogP contribution in [0.25, 0.3) is 0 Å². The molecule has 0 fully saturated rings. The zero-order chi connectivity index (χ0) is 28.3. The summed E-state index contributed by atoms with van der Waals surface area (Å²) in [6, 6.07) is 0. The minimum atomic E-state index is -1.19. The molecule has 0 aliphatic heterocycles. The van der Waals surface area contributed by atoms with Crippen molar-refractivity contribution < 1.29 is 28.6 Å². The van der Waals surface area contributed by atoms with Crippen molar-refractivity contribution in [2.45, 2.75) is 80.9 Å². The molecule has 0 spiro atoms. The second-order valence-electron chi connectivity index (χ2n) is 8.31. The zero-order valence-corrected chi connectivity index (χ0v) is 24.3. The van der Waals surface area contributed by atoms with Crippen LogP contribution in [0.2, 0.25) is 0 Å². The Morgan fingerprint density at radius 1 is 0.649 bits per heavy atom. The van der Waals surface area contributed by atoms with Gasteiger partial charge in [-0.1, -0.05) is 20.8 Å². The van der Waals surface area contributed by atoms with E-state index in [9.17, 15) is 28.8 Å². The third-order valence-corrected chi connectivity index (χ3v) is 5.35. The van der Waals surface area contributed by atoms with Gasteiger partial charge in [0.15, 0.2) is 5.44 Å². The summed E-state index contributed by atoms with van der Waals surface area (Å²) in [6.45, 7) is 3.27. The third-order valence-electron chi connectivity index (χ3n) is 4.53. The number of carbonyl (C=O) groups excluding carboxylic acids is 3. The van der Waals surface area contributed by atoms with E-state index in [0.29, 0.717) is 13.7 Å². The van der Waals surface area contributed by atoms with E-state index in [-0.39, 0.29) is 61.3 Å². The van der Waals surface area contributed by atoms with Crippen LogP contribution in [0.1, 0.15) is 40.0 Å². The first-order valence-corrected chi connectivity index (χ1v) is 13.5. The molecule has 0 aliphatic rings. The van der Waals surface area contributed by atoms with Crippen molar-refractivity contribution in [3.8, 4) is 0 Å². The number of rotatable bonds is 15. The SMILES string of the molecule is CC(S)CC(=O)OCCn1c(=O)n(CCOC(=O)CC(C)S)c(=O)n(CC(S)OC(=O)CC(C)S)c1=O. The minimum absolute atomic E-state index is 0.0225. The van der Waals surface area contributed by atoms with Crippen LogP contribution in [0, 0.1) is 0 Å². The fourth-order valence-electron chi connectivity index (χ4n) is 2.96. The van der Waals surface area contributed by atoms with Crippen molar-refractivity contribution in [1.29, 1.82) is 0 Å². The molecule has 0 aliphatic carbocycles. The number of thiol groups is 4. The van der Waals surface area contributed by atoms with Gasteiger partial charge in [-0.15, -0.1) is 12.6 Å². The number of ether oxygens (including phenoxy) is 3. The molecule has 0 radical (unpaired) electrons. The second-order valence-corrected chi connectivity index (χ2v) is 11.5. The second kappa shape index (κ2) is 16.2. The van der Waals surface area contributed by atoms with Crippen LogP contribution in [0.4, 0.5) is 0 Å². The first-order chi connectivity index (χ1) is 17.2. The van der Waals surface area contributed by atoms with Crippen LogP contribution >= 0.6 is 50.5 Å². The number of esters is 3. The van der Waals surface area contributed by atoms with Gasteiger partial charge in [-0.3, -0.25) is 14.4 Å². The Bertz CT molecular complexity index is 1050. The molecule has 37 heavy (non-hydrogen) atoms. The summed E-state index contributed by atoms with van der Waals surface area (Å²) in [6.07, 6.45) is 0.0244. The summed E-state index contributed by atoms with van der Waals surface area (Å²) >= 11 is 16.4. The molecule has 210 valence electrons. The molecular formula is C21H33N3O9S4. The highest BCUT2D eigenvalue weighted by Gasteiger charge is 2.20. The van der Waals surface area contributed by atoms with Crippen LogP contribution in [0.5, 0.6) is 0 Å². The molecule has 1 heterocycles. The molecule has 1 aromatic rings. The van der Waals surface area contributed by atoms with Gasteiger partial charge in [-0.25, -0.2) is 28.1 Å². The predicted octanol–water partition coefficient (Wildman–Crippen LogP) is 0.182. The van der Waals surface area contributed by atoms with Gasteiger partial charge in [0.05, 0.1) is 38.9 Å². The van der Waals surface area contributed by atoms with Crippen molar-refractivity contribution in [2.24, 2.45) is 0 Å². The average molecular weight is 600 g/mol. The number of hydrogen-bond acceptors (Lipinski definition) is 13. The fraction of sp³-hybridized carbons (Fsp3) is 0.714. The van der Waals surface area contributed by atoms with Gasteiger partial charge >= 0.3 is 35.0 Å². The van der Waals surface area contributed by atoms with Crippen LogP contribution in [-0.2, 0) is 48.2 Å². The van der Waals surface area contributed by atoms with Crippen molar-refractivity contribution in [2.75, 3.05) is 13.2 Å². The summed E-state index contributed by atoms with van der Waals surface area (Å²) in [5.41, 5.74) is -4.19. The Morgan fingerprint density at radius 2 is 1.00 bits per heavy atom. The smallest absolute Gasteiger partial charge is 0.336 e. The van der Waals surface area contributed by atoms with Crippen molar-refractivity contribution in [3.63, 3.8) is 0 Å². The lowest BCUT2D eigenvalue weighted by Gasteiger charge is -2.17. The largest absolute Gasteiger partial charge is 0.464 e. The minimum Gasteiger partial charge on any atom is -0.464 e. The van der Waals surface area contributed by atoms with E-state index in [0.717, 1.165) is 0 Å². The number of nitrogens with zero attached hydrogens (tertiary/aromatic N) is 3. The van der Waals surface area contributed by atoms with Gasteiger partial charge in [0.2, 0.25) is 0 Å². The summed E-state index contributed by atoms with van der Waals surface area (Å²) in [4.78, 5) is 74.5. The zero-order valence-electron chi connectivity index (χ0n) is 20.8. The molecule has 4 atom stereocenters. The van der Waals surface area contributed by atoms with Gasteiger partial charge < -0.3 is 14.2 Å². The van der Waals surface area contributed by atoms with Crippen LogP contribution < -0.4 is 17.1 Å². The lowest BCUT2D eigenvalue weighted by Crippen LogP contribution is -2.56. The standard InChI is InChI=1S/C21H33N3O9S4/c1-12(34)8-15(25)31-6-4-22-19(28)23(5-7-32-16(26)9-13(2)35)21(30)24(20(22)29)11-18(37)33-17(27)10-14(3)36/h12-14,18,34-37H,4-11H2,1-3H3. The van der Waals surface area contributed by atoms with Crippen LogP contribution in [0.3, 0.4) is 0 Å². The van der Waals surface area contributed by atoms with E-state index >= 15 is 0 Å². The van der Waals surface area contributed by atoms with Gasteiger partial charge in [-0.2, -0.15) is 37.9 Å². The lowest BCUT2D eigenvalue weighted by atomic mass is 10.3. The summed E-state index contributed by atoms with van der Waals surface area (Å²) < 4.78 is 17.3. The Morgan fingerprint density at radius 3 is 1.38 bits per heavy atom. The Labute approximate surface area is 235 Å². The molecule has 12 nitrogen and oxygen atoms in total. The summed E-state index contributed by atoms with van der Waals surface area (Å²) in [7, 11) is 0. The van der Waals surface area contributed by atoms with Crippen molar-refractivity contribution in [3.05, 3.63) is 31.5 Å². The molecule has 16 heteroatoms. The normalized spacial score (nSPS) is 14.4. The quantitative estimate of drug-likeness (QED) is 0.0961. The maximum atomic E-state index is 13.0. The summed E-state index contributed by atoms with van der Waals surface area (Å²) in [5, 5.41) is -0.775. The monoisotopic (exact) mass is 599 g/mol. The summed E-state index contributed by atoms with van der Waals surface area (Å²) in [5.74, 6) is -1.79. The van der Waals surface area contributed by atoms with E-state index in [1.807, 2.05) is 0 Å². The van der Waals surface area contributed by atoms with Crippen LogP contribution in [-0.4, -0.2) is 66.0 Å². The number of aromatic nitrogens is 3. The molecular weight excluding hydrogens is 567 g/mol. The van der Waals surface area contributed by atoms with E-state index in [4.69, 9.17) is 14.2 Å². The molecule has 1 aromatic heterocycles. The highest BCUT2D eigenvalue weighted by atomic mass is 32.1. The maximum Gasteiger partial charge on any atom is 0.336 e. The van der Waals surface area contributed by atoms with Gasteiger partial charge in [-0.05, 0) is 0 Å². The fourth-order valence-corrected chi connectivity index (χ4v) is 3.69. The third kappa shape index (κ3) is 12.1.